The lowest BCUT2D eigenvalue weighted by Gasteiger charge is -2.42. The van der Waals surface area contributed by atoms with Crippen LogP contribution in [0.5, 0.6) is 0 Å². The normalized spacial score (nSPS) is 19.4. The number of amides is 2. The maximum absolute atomic E-state index is 15.1. The Morgan fingerprint density at radius 3 is 2.46 bits per heavy atom. The Bertz CT molecular complexity index is 1930. The Kier molecular flexibility index (Phi) is 9.91. The lowest BCUT2D eigenvalue weighted by atomic mass is 9.76. The summed E-state index contributed by atoms with van der Waals surface area (Å²) in [4.78, 5) is 39.6. The van der Waals surface area contributed by atoms with Crippen molar-refractivity contribution in [3.05, 3.63) is 129 Å². The van der Waals surface area contributed by atoms with Crippen molar-refractivity contribution in [3.8, 4) is 11.5 Å². The molecule has 2 fully saturated rings. The predicted octanol–water partition coefficient (Wildman–Crippen LogP) is 6.17. The molecule has 0 radical (unpaired) electrons. The Morgan fingerprint density at radius 1 is 1.08 bits per heavy atom. The molecule has 4 unspecified atom stereocenters. The van der Waals surface area contributed by atoms with Gasteiger partial charge < -0.3 is 30.2 Å². The smallest absolute Gasteiger partial charge is 0.254 e. The van der Waals surface area contributed by atoms with E-state index in [0.29, 0.717) is 30.6 Å². The minimum atomic E-state index is -1.86. The number of carbonyl (C=O) groups excluding carboxylic acids is 2. The summed E-state index contributed by atoms with van der Waals surface area (Å²) < 4.78 is 12.3. The standard InChI is InChI=1S/C39H41N5O5S/c1-25-24-50-37(43-25)32-14-9-18-44(32)38(46)30-22-28(36-42-17-19-48-36)21-29(35(40)45)34(30)31(20-26-10-4-2-5-11-26)39(47,33-15-8-16-41-33)49-23-27-12-6-3-7-13-27/h2-7,10-13,17,19,21-22,24,31-33,41,47H,8-9,14-16,18,20,23H2,1H3,(H2,40,45). The third-order valence-electron chi connectivity index (χ3n) is 9.79. The minimum absolute atomic E-state index is 0.102. The molecule has 4 atom stereocenters. The number of hydrogen-bond donors (Lipinski definition) is 3. The van der Waals surface area contributed by atoms with E-state index in [1.54, 1.807) is 12.1 Å². The van der Waals surface area contributed by atoms with Crippen LogP contribution in [0.4, 0.5) is 0 Å². The number of benzene rings is 3. The third-order valence-corrected chi connectivity index (χ3v) is 10.9. The van der Waals surface area contributed by atoms with E-state index in [9.17, 15) is 9.90 Å². The number of nitrogens with two attached hydrogens (primary N) is 1. The molecule has 11 heteroatoms. The summed E-state index contributed by atoms with van der Waals surface area (Å²) in [7, 11) is 0. The Morgan fingerprint density at radius 2 is 1.82 bits per heavy atom. The number of hydrogen-bond acceptors (Lipinski definition) is 9. The second-order valence-corrected chi connectivity index (χ2v) is 14.0. The first-order chi connectivity index (χ1) is 24.3. The van der Waals surface area contributed by atoms with Gasteiger partial charge in [-0.1, -0.05) is 60.7 Å². The number of aryl methyl sites for hydroxylation is 1. The molecule has 2 aliphatic rings. The van der Waals surface area contributed by atoms with Crippen LogP contribution < -0.4 is 11.1 Å². The summed E-state index contributed by atoms with van der Waals surface area (Å²) in [6.45, 7) is 3.26. The molecule has 4 N–H and O–H groups in total. The molecular weight excluding hydrogens is 651 g/mol. The molecule has 0 bridgehead atoms. The second kappa shape index (κ2) is 14.7. The molecule has 0 saturated carbocycles. The van der Waals surface area contributed by atoms with Gasteiger partial charge in [-0.05, 0) is 74.4 Å². The van der Waals surface area contributed by atoms with Crippen molar-refractivity contribution in [2.75, 3.05) is 13.1 Å². The zero-order valence-corrected chi connectivity index (χ0v) is 28.8. The fourth-order valence-corrected chi connectivity index (χ4v) is 8.35. The topological polar surface area (TPSA) is 144 Å². The highest BCUT2D eigenvalue weighted by molar-refractivity contribution is 7.09. The van der Waals surface area contributed by atoms with Crippen LogP contribution in [0.25, 0.3) is 11.5 Å². The van der Waals surface area contributed by atoms with Crippen LogP contribution in [-0.4, -0.2) is 56.7 Å². The van der Waals surface area contributed by atoms with Crippen molar-refractivity contribution >= 4 is 23.2 Å². The van der Waals surface area contributed by atoms with Gasteiger partial charge in [0, 0.05) is 40.2 Å². The van der Waals surface area contributed by atoms with Crippen molar-refractivity contribution in [2.24, 2.45) is 5.73 Å². The number of nitrogens with zero attached hydrogens (tertiary/aromatic N) is 3. The average molecular weight is 692 g/mol. The molecule has 5 aromatic rings. The zero-order chi connectivity index (χ0) is 34.7. The molecule has 7 rings (SSSR count). The predicted molar refractivity (Wildman–Crippen MR) is 190 cm³/mol. The van der Waals surface area contributed by atoms with Crippen LogP contribution >= 0.6 is 11.3 Å². The van der Waals surface area contributed by atoms with Crippen LogP contribution in [0.3, 0.4) is 0 Å². The van der Waals surface area contributed by atoms with Gasteiger partial charge >= 0.3 is 0 Å². The number of primary amides is 1. The van der Waals surface area contributed by atoms with Crippen LogP contribution in [-0.2, 0) is 17.8 Å². The lowest BCUT2D eigenvalue weighted by molar-refractivity contribution is -0.242. The number of oxazole rings is 1. The summed E-state index contributed by atoms with van der Waals surface area (Å²) in [6, 6.07) is 22.0. The van der Waals surface area contributed by atoms with E-state index in [4.69, 9.17) is 19.9 Å². The summed E-state index contributed by atoms with van der Waals surface area (Å²) in [5, 5.41) is 19.4. The molecule has 10 nitrogen and oxygen atoms in total. The monoisotopic (exact) mass is 691 g/mol. The third kappa shape index (κ3) is 6.86. The van der Waals surface area contributed by atoms with Crippen LogP contribution in [0.1, 0.15) is 85.8 Å². The molecule has 2 amide bonds. The van der Waals surface area contributed by atoms with Crippen LogP contribution in [0, 0.1) is 6.92 Å². The zero-order valence-electron chi connectivity index (χ0n) is 28.0. The number of ether oxygens (including phenoxy) is 1. The maximum atomic E-state index is 15.1. The summed E-state index contributed by atoms with van der Waals surface area (Å²) in [6.07, 6.45) is 6.25. The Labute approximate surface area is 295 Å². The second-order valence-electron chi connectivity index (χ2n) is 13.1. The van der Waals surface area contributed by atoms with Crippen molar-refractivity contribution in [1.29, 1.82) is 0 Å². The van der Waals surface area contributed by atoms with Crippen molar-refractivity contribution in [1.82, 2.24) is 20.2 Å². The summed E-state index contributed by atoms with van der Waals surface area (Å²) >= 11 is 1.54. The number of likely N-dealkylation sites (tertiary alicyclic amines) is 1. The average Bonchev–Trinajstić information content (AvgIpc) is 3.98. The maximum Gasteiger partial charge on any atom is 0.254 e. The van der Waals surface area contributed by atoms with E-state index in [-0.39, 0.29) is 42.0 Å². The quantitative estimate of drug-likeness (QED) is 0.132. The van der Waals surface area contributed by atoms with Crippen molar-refractivity contribution < 1.29 is 23.8 Å². The largest absolute Gasteiger partial charge is 0.445 e. The van der Waals surface area contributed by atoms with Gasteiger partial charge in [0.1, 0.15) is 11.3 Å². The molecule has 2 saturated heterocycles. The number of rotatable bonds is 12. The van der Waals surface area contributed by atoms with Gasteiger partial charge in [0.25, 0.3) is 5.91 Å². The first-order valence-corrected chi connectivity index (χ1v) is 18.0. The molecule has 3 aromatic carbocycles. The minimum Gasteiger partial charge on any atom is -0.445 e. The number of carbonyl (C=O) groups is 2. The van der Waals surface area contributed by atoms with Crippen LogP contribution in [0.15, 0.2) is 95.1 Å². The highest BCUT2D eigenvalue weighted by atomic mass is 32.1. The number of aromatic nitrogens is 2. The van der Waals surface area contributed by atoms with Gasteiger partial charge in [0.05, 0.1) is 24.9 Å². The van der Waals surface area contributed by atoms with Crippen molar-refractivity contribution in [3.63, 3.8) is 0 Å². The molecule has 50 heavy (non-hydrogen) atoms. The lowest BCUT2D eigenvalue weighted by Crippen LogP contribution is -2.55. The summed E-state index contributed by atoms with van der Waals surface area (Å²) in [5.74, 6) is -3.53. The molecule has 0 spiro atoms. The first-order valence-electron chi connectivity index (χ1n) is 17.1. The highest BCUT2D eigenvalue weighted by Gasteiger charge is 2.50. The van der Waals surface area contributed by atoms with Gasteiger partial charge in [-0.25, -0.2) is 9.97 Å². The van der Waals surface area contributed by atoms with E-state index in [2.05, 4.69) is 10.3 Å². The van der Waals surface area contributed by atoms with E-state index >= 15 is 4.79 Å². The molecule has 4 heterocycles. The molecule has 2 aliphatic heterocycles. The number of thiazole rings is 1. The molecule has 258 valence electrons. The van der Waals surface area contributed by atoms with Crippen molar-refractivity contribution in [2.45, 2.75) is 69.4 Å². The van der Waals surface area contributed by atoms with Gasteiger partial charge in [-0.15, -0.1) is 11.3 Å². The van der Waals surface area contributed by atoms with Crippen LogP contribution in [0.2, 0.25) is 0 Å². The van der Waals surface area contributed by atoms with Gasteiger partial charge in [0.15, 0.2) is 5.79 Å². The fourth-order valence-electron chi connectivity index (χ4n) is 7.41. The first kappa shape index (κ1) is 33.8. The number of nitrogens with one attached hydrogen (secondary N) is 1. The van der Waals surface area contributed by atoms with E-state index in [1.807, 2.05) is 77.9 Å². The van der Waals surface area contributed by atoms with Gasteiger partial charge in [-0.3, -0.25) is 9.59 Å². The van der Waals surface area contributed by atoms with Gasteiger partial charge in [-0.2, -0.15) is 0 Å². The van der Waals surface area contributed by atoms with Gasteiger partial charge in [0.2, 0.25) is 11.8 Å². The summed E-state index contributed by atoms with van der Waals surface area (Å²) in [5.41, 5.74) is 10.0. The molecule has 2 aromatic heterocycles. The van der Waals surface area contributed by atoms with E-state index < -0.39 is 23.7 Å². The van der Waals surface area contributed by atoms with E-state index in [0.717, 1.165) is 41.1 Å². The Hall–Kier alpha value is -4.68. The SMILES string of the molecule is Cc1csc(C2CCCN2C(=O)c2cc(-c3ncco3)cc(C(N)=O)c2C(Cc2ccccc2)C(O)(OCc2ccccc2)C2CCCN2)n1. The van der Waals surface area contributed by atoms with E-state index in [1.165, 1.54) is 23.8 Å². The highest BCUT2D eigenvalue weighted by Crippen LogP contribution is 2.44. The number of aliphatic hydroxyl groups is 1. The fraction of sp³-hybridized carbons (Fsp3) is 0.333. The molecule has 0 aliphatic carbocycles. The molecular formula is C39H41N5O5S. The Balaban J connectivity index is 1.44.